The Labute approximate surface area is 110 Å². The minimum atomic E-state index is -0.552. The average Bonchev–Trinajstić information content (AvgIpc) is 2.36. The third kappa shape index (κ3) is 3.70. The molecule has 0 fully saturated rings. The number of alkyl halides is 1. The molecular weight excluding hydrogens is 258 g/mol. The summed E-state index contributed by atoms with van der Waals surface area (Å²) in [5.74, 6) is 0.420. The van der Waals surface area contributed by atoms with Gasteiger partial charge in [-0.25, -0.2) is 0 Å². The second-order valence-electron chi connectivity index (χ2n) is 3.59. The van der Waals surface area contributed by atoms with E-state index in [9.17, 15) is 14.9 Å². The fourth-order valence-corrected chi connectivity index (χ4v) is 1.62. The minimum absolute atomic E-state index is 0.151. The summed E-state index contributed by atoms with van der Waals surface area (Å²) in [7, 11) is 0. The van der Waals surface area contributed by atoms with E-state index in [2.05, 4.69) is 0 Å². The molecule has 98 valence electrons. The third-order valence-electron chi connectivity index (χ3n) is 2.31. The maximum Gasteiger partial charge on any atom is 0.311 e. The van der Waals surface area contributed by atoms with Crippen molar-refractivity contribution in [1.82, 2.24) is 0 Å². The zero-order valence-corrected chi connectivity index (χ0v) is 10.8. The number of ketones is 1. The summed E-state index contributed by atoms with van der Waals surface area (Å²) < 4.78 is 5.14. The molecule has 0 spiro atoms. The van der Waals surface area contributed by atoms with Crippen LogP contribution in [0.15, 0.2) is 18.2 Å². The largest absolute Gasteiger partial charge is 0.487 e. The number of Topliss-reactive ketones (excluding diaryl/α,β-unsaturated/α-hetero) is 1. The van der Waals surface area contributed by atoms with Crippen LogP contribution in [0.3, 0.4) is 0 Å². The lowest BCUT2D eigenvalue weighted by atomic mass is 10.1. The molecule has 0 aliphatic rings. The van der Waals surface area contributed by atoms with Crippen LogP contribution in [-0.4, -0.2) is 23.2 Å². The van der Waals surface area contributed by atoms with E-state index in [1.54, 1.807) is 6.92 Å². The first kappa shape index (κ1) is 14.4. The molecule has 0 aliphatic carbocycles. The van der Waals surface area contributed by atoms with Crippen molar-refractivity contribution in [2.45, 2.75) is 19.8 Å². The molecule has 0 heterocycles. The lowest BCUT2D eigenvalue weighted by Gasteiger charge is -2.05. The van der Waals surface area contributed by atoms with Gasteiger partial charge in [-0.15, -0.1) is 11.6 Å². The normalized spacial score (nSPS) is 10.1. The highest BCUT2D eigenvalue weighted by molar-refractivity contribution is 6.18. The molecule has 1 aromatic rings. The standard InChI is InChI=1S/C12H14ClNO4/c1-2-18-12-6-5-9(8-10(12)14(16)17)11(15)4-3-7-13/h5-6,8H,2-4,7H2,1H3. The summed E-state index contributed by atoms with van der Waals surface area (Å²) >= 11 is 5.50. The van der Waals surface area contributed by atoms with Crippen LogP contribution in [-0.2, 0) is 0 Å². The van der Waals surface area contributed by atoms with Crippen molar-refractivity contribution in [2.24, 2.45) is 0 Å². The smallest absolute Gasteiger partial charge is 0.311 e. The van der Waals surface area contributed by atoms with E-state index < -0.39 is 4.92 Å². The Balaban J connectivity index is 2.99. The zero-order chi connectivity index (χ0) is 13.5. The zero-order valence-electron chi connectivity index (χ0n) is 10.0. The molecule has 0 unspecified atom stereocenters. The molecule has 0 saturated carbocycles. The van der Waals surface area contributed by atoms with Gasteiger partial charge >= 0.3 is 5.69 Å². The van der Waals surface area contributed by atoms with Crippen LogP contribution in [0.2, 0.25) is 0 Å². The molecular formula is C12H14ClNO4. The molecule has 0 N–H and O–H groups in total. The van der Waals surface area contributed by atoms with Gasteiger partial charge in [0.2, 0.25) is 0 Å². The number of halogens is 1. The van der Waals surface area contributed by atoms with E-state index in [1.807, 2.05) is 0 Å². The van der Waals surface area contributed by atoms with Crippen LogP contribution in [0.25, 0.3) is 0 Å². The molecule has 0 atom stereocenters. The summed E-state index contributed by atoms with van der Waals surface area (Å²) in [4.78, 5) is 22.1. The maximum absolute atomic E-state index is 11.7. The molecule has 0 aromatic heterocycles. The first-order chi connectivity index (χ1) is 8.60. The van der Waals surface area contributed by atoms with E-state index in [1.165, 1.54) is 18.2 Å². The van der Waals surface area contributed by atoms with Gasteiger partial charge in [-0.2, -0.15) is 0 Å². The van der Waals surface area contributed by atoms with Gasteiger partial charge in [0.05, 0.1) is 11.5 Å². The number of carbonyl (C=O) groups excluding carboxylic acids is 1. The number of carbonyl (C=O) groups is 1. The van der Waals surface area contributed by atoms with Gasteiger partial charge in [-0.05, 0) is 25.5 Å². The summed E-state index contributed by atoms with van der Waals surface area (Å²) in [5.41, 5.74) is 0.129. The quantitative estimate of drug-likeness (QED) is 0.330. The Morgan fingerprint density at radius 3 is 2.78 bits per heavy atom. The van der Waals surface area contributed by atoms with Crippen molar-refractivity contribution in [3.63, 3.8) is 0 Å². The van der Waals surface area contributed by atoms with E-state index in [0.717, 1.165) is 0 Å². The average molecular weight is 272 g/mol. The minimum Gasteiger partial charge on any atom is -0.487 e. The van der Waals surface area contributed by atoms with E-state index in [0.29, 0.717) is 24.5 Å². The molecule has 6 heteroatoms. The number of nitro groups is 1. The highest BCUT2D eigenvalue weighted by atomic mass is 35.5. The topological polar surface area (TPSA) is 69.4 Å². The van der Waals surface area contributed by atoms with Crippen molar-refractivity contribution in [2.75, 3.05) is 12.5 Å². The molecule has 1 rings (SSSR count). The number of hydrogen-bond donors (Lipinski definition) is 0. The Morgan fingerprint density at radius 2 is 2.22 bits per heavy atom. The van der Waals surface area contributed by atoms with Crippen LogP contribution < -0.4 is 4.74 Å². The lowest BCUT2D eigenvalue weighted by Crippen LogP contribution is -2.03. The molecule has 0 bridgehead atoms. The van der Waals surface area contributed by atoms with Gasteiger partial charge in [0, 0.05) is 23.9 Å². The molecule has 0 aliphatic heterocycles. The monoisotopic (exact) mass is 271 g/mol. The Hall–Kier alpha value is -1.62. The molecule has 0 radical (unpaired) electrons. The van der Waals surface area contributed by atoms with Gasteiger partial charge < -0.3 is 4.74 Å². The fourth-order valence-electron chi connectivity index (χ4n) is 1.48. The molecule has 1 aromatic carbocycles. The second-order valence-corrected chi connectivity index (χ2v) is 3.97. The van der Waals surface area contributed by atoms with Crippen molar-refractivity contribution in [3.05, 3.63) is 33.9 Å². The molecule has 0 saturated heterocycles. The lowest BCUT2D eigenvalue weighted by molar-refractivity contribution is -0.385. The predicted molar refractivity (Wildman–Crippen MR) is 68.5 cm³/mol. The maximum atomic E-state index is 11.7. The van der Waals surface area contributed by atoms with Gasteiger partial charge in [-0.3, -0.25) is 14.9 Å². The van der Waals surface area contributed by atoms with Crippen LogP contribution in [0.5, 0.6) is 5.75 Å². The first-order valence-electron chi connectivity index (χ1n) is 5.60. The fraction of sp³-hybridized carbons (Fsp3) is 0.417. The summed E-state index contributed by atoms with van der Waals surface area (Å²) in [5, 5.41) is 10.9. The molecule has 5 nitrogen and oxygen atoms in total. The van der Waals surface area contributed by atoms with E-state index >= 15 is 0 Å². The number of ether oxygens (including phenoxy) is 1. The number of hydrogen-bond acceptors (Lipinski definition) is 4. The van der Waals surface area contributed by atoms with Crippen LogP contribution in [0.4, 0.5) is 5.69 Å². The number of nitro benzene ring substituents is 1. The van der Waals surface area contributed by atoms with E-state index in [4.69, 9.17) is 16.3 Å². The van der Waals surface area contributed by atoms with Gasteiger partial charge in [0.15, 0.2) is 11.5 Å². The van der Waals surface area contributed by atoms with Gasteiger partial charge in [0.1, 0.15) is 0 Å². The Bertz CT molecular complexity index is 448. The molecule has 0 amide bonds. The predicted octanol–water partition coefficient (Wildman–Crippen LogP) is 3.20. The number of rotatable bonds is 7. The van der Waals surface area contributed by atoms with Crippen molar-refractivity contribution in [1.29, 1.82) is 0 Å². The van der Waals surface area contributed by atoms with Crippen molar-refractivity contribution < 1.29 is 14.5 Å². The van der Waals surface area contributed by atoms with Crippen LogP contribution >= 0.6 is 11.6 Å². The number of benzene rings is 1. The van der Waals surface area contributed by atoms with Crippen LogP contribution in [0, 0.1) is 10.1 Å². The molecule has 18 heavy (non-hydrogen) atoms. The summed E-state index contributed by atoms with van der Waals surface area (Å²) in [6, 6.07) is 4.24. The Morgan fingerprint density at radius 1 is 1.50 bits per heavy atom. The van der Waals surface area contributed by atoms with E-state index in [-0.39, 0.29) is 23.6 Å². The first-order valence-corrected chi connectivity index (χ1v) is 6.14. The highest BCUT2D eigenvalue weighted by Crippen LogP contribution is 2.28. The highest BCUT2D eigenvalue weighted by Gasteiger charge is 2.18. The van der Waals surface area contributed by atoms with Gasteiger partial charge in [-0.1, -0.05) is 0 Å². The SMILES string of the molecule is CCOc1ccc(C(=O)CCCCl)cc1[N+](=O)[O-]. The van der Waals surface area contributed by atoms with Crippen molar-refractivity contribution >= 4 is 23.1 Å². The summed E-state index contributed by atoms with van der Waals surface area (Å²) in [6.07, 6.45) is 0.843. The summed E-state index contributed by atoms with van der Waals surface area (Å²) in [6.45, 7) is 2.07. The Kier molecular flexibility index (Phi) is 5.58. The van der Waals surface area contributed by atoms with Crippen LogP contribution in [0.1, 0.15) is 30.1 Å². The second kappa shape index (κ2) is 6.96. The third-order valence-corrected chi connectivity index (χ3v) is 2.58. The van der Waals surface area contributed by atoms with Crippen molar-refractivity contribution in [3.8, 4) is 5.75 Å². The van der Waals surface area contributed by atoms with Gasteiger partial charge in [0.25, 0.3) is 0 Å². The number of nitrogens with zero attached hydrogens (tertiary/aromatic N) is 1.